The van der Waals surface area contributed by atoms with Gasteiger partial charge in [-0.15, -0.1) is 11.3 Å². The highest BCUT2D eigenvalue weighted by molar-refractivity contribution is 7.13. The quantitative estimate of drug-likeness (QED) is 0.0708. The van der Waals surface area contributed by atoms with E-state index in [-0.39, 0.29) is 62.9 Å². The van der Waals surface area contributed by atoms with E-state index >= 15 is 0 Å². The van der Waals surface area contributed by atoms with E-state index in [1.54, 1.807) is 80.1 Å². The van der Waals surface area contributed by atoms with Crippen molar-refractivity contribution < 1.29 is 38.6 Å². The molecular formula is C51H61ClN8O8S. The van der Waals surface area contributed by atoms with Gasteiger partial charge in [-0.3, -0.25) is 28.8 Å². The fourth-order valence-corrected chi connectivity index (χ4v) is 10.4. The fraction of sp³-hybridized carbons (Fsp3) is 0.451. The smallest absolute Gasteiger partial charge is 0.251 e. The molecule has 0 spiro atoms. The van der Waals surface area contributed by atoms with Crippen molar-refractivity contribution >= 4 is 58.4 Å². The predicted molar refractivity (Wildman–Crippen MR) is 262 cm³/mol. The number of hydrogen-bond donors (Lipinski definition) is 6. The van der Waals surface area contributed by atoms with Gasteiger partial charge in [0.1, 0.15) is 30.0 Å². The number of nitrogens with zero attached hydrogens (tertiary/aromatic N) is 3. The van der Waals surface area contributed by atoms with Gasteiger partial charge in [-0.25, -0.2) is 4.98 Å². The first-order valence-corrected chi connectivity index (χ1v) is 24.1. The van der Waals surface area contributed by atoms with Gasteiger partial charge < -0.3 is 41.3 Å². The maximum atomic E-state index is 14.0. The van der Waals surface area contributed by atoms with Gasteiger partial charge in [0.25, 0.3) is 11.8 Å². The number of nitriles is 1. The van der Waals surface area contributed by atoms with Gasteiger partial charge in [-0.2, -0.15) is 5.26 Å². The summed E-state index contributed by atoms with van der Waals surface area (Å²) in [5.74, 6) is -2.14. The van der Waals surface area contributed by atoms with Crippen LogP contribution in [0.2, 0.25) is 5.02 Å². The van der Waals surface area contributed by atoms with Crippen LogP contribution in [0.3, 0.4) is 0 Å². The highest BCUT2D eigenvalue weighted by atomic mass is 35.5. The lowest BCUT2D eigenvalue weighted by Gasteiger charge is -2.63. The molecule has 1 saturated heterocycles. The van der Waals surface area contributed by atoms with Gasteiger partial charge in [0.05, 0.1) is 39.3 Å². The lowest BCUT2D eigenvalue weighted by Crippen LogP contribution is -2.74. The zero-order valence-electron chi connectivity index (χ0n) is 40.2. The number of rotatable bonds is 17. The van der Waals surface area contributed by atoms with Crippen molar-refractivity contribution in [1.82, 2.24) is 36.5 Å². The topological polar surface area (TPSA) is 232 Å². The van der Waals surface area contributed by atoms with Crippen LogP contribution >= 0.6 is 22.9 Å². The third-order valence-corrected chi connectivity index (χ3v) is 14.2. The van der Waals surface area contributed by atoms with Crippen molar-refractivity contribution in [3.05, 3.63) is 105 Å². The van der Waals surface area contributed by atoms with E-state index in [1.807, 2.05) is 65.0 Å². The number of β-amino-alcohol motifs (C(OH)–C–C–N with tert-alkyl or cyclic N) is 1. The maximum Gasteiger partial charge on any atom is 0.251 e. The number of hydrogen-bond acceptors (Lipinski definition) is 11. The molecule has 3 atom stereocenters. The van der Waals surface area contributed by atoms with E-state index in [4.69, 9.17) is 16.3 Å². The Morgan fingerprint density at radius 2 is 1.58 bits per heavy atom. The number of carbonyl (C=O) groups excluding carboxylic acids is 6. The minimum absolute atomic E-state index is 0.00761. The van der Waals surface area contributed by atoms with Gasteiger partial charge in [0, 0.05) is 66.5 Å². The summed E-state index contributed by atoms with van der Waals surface area (Å²) in [6.07, 6.45) is -0.865. The summed E-state index contributed by atoms with van der Waals surface area (Å²) < 4.78 is 6.32. The molecule has 18 heteroatoms. The SMILES string of the molecule is Cc1ncsc1-c1ccc(CNC(=O)[C@@H]2C[C@@H](O)CN2C(=O)[C@@H](NC(=O)CNC(=O)CCCNC(=O)c2ccc(C(=O)N[C@H]3C(C)(C)[C@H](Oc4ccc(C#N)c(Cl)c4)C3(C)C)cc2)C(C)(C)C)cc1. The zero-order chi connectivity index (χ0) is 50.4. The third-order valence-electron chi connectivity index (χ3n) is 12.9. The van der Waals surface area contributed by atoms with E-state index in [0.717, 1.165) is 21.7 Å². The van der Waals surface area contributed by atoms with Crippen molar-refractivity contribution in [3.63, 3.8) is 0 Å². The number of halogens is 1. The molecule has 1 aliphatic heterocycles. The molecule has 366 valence electrons. The molecule has 0 radical (unpaired) electrons. The van der Waals surface area contributed by atoms with Crippen LogP contribution < -0.4 is 31.3 Å². The molecule has 6 amide bonds. The molecule has 2 fully saturated rings. The van der Waals surface area contributed by atoms with Crippen LogP contribution in [0.25, 0.3) is 10.4 Å². The molecule has 3 aromatic carbocycles. The lowest BCUT2D eigenvalue weighted by molar-refractivity contribution is -0.164. The van der Waals surface area contributed by atoms with E-state index in [9.17, 15) is 39.1 Å². The van der Waals surface area contributed by atoms with Crippen LogP contribution in [0.5, 0.6) is 5.75 Å². The Morgan fingerprint density at radius 1 is 0.928 bits per heavy atom. The number of nitrogens with one attached hydrogen (secondary N) is 5. The molecule has 0 bridgehead atoms. The third kappa shape index (κ3) is 12.3. The Hall–Kier alpha value is -6.35. The van der Waals surface area contributed by atoms with Crippen molar-refractivity contribution in [2.24, 2.45) is 16.2 Å². The first-order valence-electron chi connectivity index (χ1n) is 22.9. The largest absolute Gasteiger partial charge is 0.489 e. The summed E-state index contributed by atoms with van der Waals surface area (Å²) in [5.41, 5.74) is 3.98. The molecule has 6 rings (SSSR count). The van der Waals surface area contributed by atoms with Crippen LogP contribution in [-0.4, -0.2) is 100 Å². The van der Waals surface area contributed by atoms with Gasteiger partial charge in [0.15, 0.2) is 0 Å². The number of aliphatic hydroxyl groups excluding tert-OH is 1. The van der Waals surface area contributed by atoms with E-state index < -0.39 is 64.6 Å². The lowest BCUT2D eigenvalue weighted by atomic mass is 9.49. The average molecular weight is 982 g/mol. The van der Waals surface area contributed by atoms with Gasteiger partial charge in [0.2, 0.25) is 23.6 Å². The number of benzene rings is 3. The molecule has 16 nitrogen and oxygen atoms in total. The first-order chi connectivity index (χ1) is 32.5. The number of aromatic nitrogens is 1. The number of carbonyl (C=O) groups is 6. The number of ether oxygens (including phenoxy) is 1. The average Bonchev–Trinajstić information content (AvgIpc) is 3.93. The molecular weight excluding hydrogens is 920 g/mol. The summed E-state index contributed by atoms with van der Waals surface area (Å²) in [6.45, 7) is 15.2. The van der Waals surface area contributed by atoms with Crippen LogP contribution in [-0.2, 0) is 25.7 Å². The molecule has 0 unspecified atom stereocenters. The van der Waals surface area contributed by atoms with E-state index in [1.165, 1.54) is 4.90 Å². The standard InChI is InChI=1S/C51H61ClN8O8S/c1-29-41(69-28-57-29)31-13-11-30(12-14-31)25-56-45(66)38-22-35(61)27-60(38)46(67)42(49(2,3)4)58-40(63)26-55-39(62)10-9-21-54-43(64)32-15-17-33(18-16-32)44(65)59-47-50(5,6)48(51(47,7)8)68-36-20-19-34(24-53)37(52)23-36/h11-20,23,28,35,38,42,47-48,61H,9-10,21-22,25-27H2,1-8H3,(H,54,64)(H,55,62)(H,56,66)(H,58,63)(H,59,65)/t35-,38+,42-,47-,48-/m1/s1. The van der Waals surface area contributed by atoms with Crippen LogP contribution in [0.4, 0.5) is 0 Å². The van der Waals surface area contributed by atoms with Crippen LogP contribution in [0.1, 0.15) is 105 Å². The Kier molecular flexibility index (Phi) is 16.2. The molecule has 1 aromatic heterocycles. The summed E-state index contributed by atoms with van der Waals surface area (Å²) in [6, 6.07) is 18.7. The predicted octanol–water partition coefficient (Wildman–Crippen LogP) is 5.69. The second kappa shape index (κ2) is 21.5. The zero-order valence-corrected chi connectivity index (χ0v) is 41.8. The van der Waals surface area contributed by atoms with Crippen molar-refractivity contribution in [2.75, 3.05) is 19.6 Å². The first kappa shape index (κ1) is 52.0. The minimum Gasteiger partial charge on any atom is -0.489 e. The number of amides is 6. The highest BCUT2D eigenvalue weighted by Gasteiger charge is 2.64. The van der Waals surface area contributed by atoms with E-state index in [2.05, 4.69) is 31.6 Å². The summed E-state index contributed by atoms with van der Waals surface area (Å²) in [4.78, 5) is 86.2. The minimum atomic E-state index is -1.07. The Labute approximate surface area is 411 Å². The van der Waals surface area contributed by atoms with Crippen LogP contribution in [0.15, 0.2) is 72.2 Å². The molecule has 1 aliphatic carbocycles. The molecule has 4 aromatic rings. The summed E-state index contributed by atoms with van der Waals surface area (Å²) >= 11 is 7.77. The van der Waals surface area contributed by atoms with Gasteiger partial charge in [-0.1, -0.05) is 84.3 Å². The number of aryl methyl sites for hydroxylation is 1. The molecule has 6 N–H and O–H groups in total. The second-order valence-electron chi connectivity index (χ2n) is 20.0. The summed E-state index contributed by atoms with van der Waals surface area (Å²) in [5, 5.41) is 34.2. The van der Waals surface area contributed by atoms with Crippen molar-refractivity contribution in [2.45, 2.75) is 112 Å². The van der Waals surface area contributed by atoms with Crippen molar-refractivity contribution in [3.8, 4) is 22.3 Å². The van der Waals surface area contributed by atoms with E-state index in [0.29, 0.717) is 27.5 Å². The fourth-order valence-electron chi connectivity index (χ4n) is 9.40. The molecule has 2 heterocycles. The van der Waals surface area contributed by atoms with Crippen LogP contribution in [0, 0.1) is 34.5 Å². The Bertz CT molecular complexity index is 2590. The van der Waals surface area contributed by atoms with Crippen molar-refractivity contribution in [1.29, 1.82) is 5.26 Å². The second-order valence-corrected chi connectivity index (χ2v) is 21.2. The number of likely N-dealkylation sites (tertiary alicyclic amines) is 1. The molecule has 1 saturated carbocycles. The van der Waals surface area contributed by atoms with Gasteiger partial charge >= 0.3 is 0 Å². The maximum absolute atomic E-state index is 14.0. The molecule has 2 aliphatic rings. The Morgan fingerprint density at radius 3 is 2.17 bits per heavy atom. The Balaban J connectivity index is 0.912. The number of aliphatic hydroxyl groups is 1. The number of thiazole rings is 1. The normalized spacial score (nSPS) is 19.5. The highest BCUT2D eigenvalue weighted by Crippen LogP contribution is 2.55. The van der Waals surface area contributed by atoms with Gasteiger partial charge in [-0.05, 0) is 66.3 Å². The monoisotopic (exact) mass is 980 g/mol. The molecule has 69 heavy (non-hydrogen) atoms. The summed E-state index contributed by atoms with van der Waals surface area (Å²) in [7, 11) is 0.